The van der Waals surface area contributed by atoms with Gasteiger partial charge in [0.15, 0.2) is 8.32 Å². The normalized spacial score (nSPS) is 36.8. The van der Waals surface area contributed by atoms with Crippen LogP contribution >= 0.6 is 0 Å². The molecule has 0 aromatic carbocycles. The highest BCUT2D eigenvalue weighted by Gasteiger charge is 2.48. The monoisotopic (exact) mass is 402 g/mol. The molecule has 0 heterocycles. The fraction of sp³-hybridized carbons (Fsp3) is 0.846. The Morgan fingerprint density at radius 1 is 1.07 bits per heavy atom. The first kappa shape index (κ1) is 22.3. The number of fused-ring (bicyclic) bond motifs is 1. The molecule has 0 amide bonds. The molecule has 3 aliphatic rings. The maximum atomic E-state index is 6.69. The van der Waals surface area contributed by atoms with Crippen LogP contribution in [0.2, 0.25) is 19.1 Å². The van der Waals surface area contributed by atoms with E-state index in [1.165, 1.54) is 83.1 Å². The van der Waals surface area contributed by atoms with Crippen LogP contribution in [-0.4, -0.2) is 14.4 Å². The van der Waals surface area contributed by atoms with Gasteiger partial charge < -0.3 is 4.43 Å². The van der Waals surface area contributed by atoms with Crippen molar-refractivity contribution >= 4 is 8.32 Å². The lowest BCUT2D eigenvalue weighted by atomic mass is 9.63. The van der Waals surface area contributed by atoms with Crippen LogP contribution in [0.5, 0.6) is 0 Å². The molecule has 0 radical (unpaired) electrons. The standard InChI is InChI=1S/C26H46OSi/c1-6-8-19-28(4,5)27-24-13-9-11-21(20-24)14-15-22-12-10-18-26(3)23(7-2)16-17-25(22)26/h14-15,23-25H,6-13,16-20H2,1-5H3/t23-,24?,25-,26+/m0/s1. The maximum absolute atomic E-state index is 6.69. The average Bonchev–Trinajstić information content (AvgIpc) is 3.01. The summed E-state index contributed by atoms with van der Waals surface area (Å²) >= 11 is 0. The second-order valence-electron chi connectivity index (χ2n) is 10.9. The van der Waals surface area contributed by atoms with E-state index in [1.54, 1.807) is 11.1 Å². The van der Waals surface area contributed by atoms with Gasteiger partial charge in [0, 0.05) is 6.10 Å². The van der Waals surface area contributed by atoms with Gasteiger partial charge in [-0.15, -0.1) is 0 Å². The number of hydrogen-bond acceptors (Lipinski definition) is 1. The Kier molecular flexibility index (Phi) is 7.70. The molecule has 3 fully saturated rings. The van der Waals surface area contributed by atoms with Crippen LogP contribution in [0.25, 0.3) is 0 Å². The predicted octanol–water partition coefficient (Wildman–Crippen LogP) is 8.43. The minimum Gasteiger partial charge on any atom is -0.414 e. The van der Waals surface area contributed by atoms with E-state index < -0.39 is 8.32 Å². The highest BCUT2D eigenvalue weighted by molar-refractivity contribution is 6.71. The van der Waals surface area contributed by atoms with Crippen LogP contribution in [0.15, 0.2) is 23.3 Å². The van der Waals surface area contributed by atoms with Crippen molar-refractivity contribution in [3.05, 3.63) is 23.3 Å². The third-order valence-electron chi connectivity index (χ3n) is 8.32. The Morgan fingerprint density at radius 2 is 1.89 bits per heavy atom. The van der Waals surface area contributed by atoms with E-state index in [1.807, 2.05) is 0 Å². The molecule has 1 nitrogen and oxygen atoms in total. The van der Waals surface area contributed by atoms with E-state index in [-0.39, 0.29) is 0 Å². The molecule has 160 valence electrons. The zero-order valence-electron chi connectivity index (χ0n) is 19.5. The summed E-state index contributed by atoms with van der Waals surface area (Å²) in [6.07, 6.45) is 21.7. The van der Waals surface area contributed by atoms with E-state index >= 15 is 0 Å². The lowest BCUT2D eigenvalue weighted by Gasteiger charge is -2.42. The molecule has 3 aliphatic carbocycles. The van der Waals surface area contributed by atoms with Gasteiger partial charge in [0.05, 0.1) is 0 Å². The average molecular weight is 403 g/mol. The summed E-state index contributed by atoms with van der Waals surface area (Å²) in [5, 5.41) is 0. The van der Waals surface area contributed by atoms with Crippen molar-refractivity contribution in [1.29, 1.82) is 0 Å². The molecule has 2 heteroatoms. The van der Waals surface area contributed by atoms with Gasteiger partial charge in [-0.1, -0.05) is 63.3 Å². The van der Waals surface area contributed by atoms with Gasteiger partial charge >= 0.3 is 0 Å². The zero-order chi connectivity index (χ0) is 20.2. The lowest BCUT2D eigenvalue weighted by Crippen LogP contribution is -2.36. The molecular weight excluding hydrogens is 356 g/mol. The van der Waals surface area contributed by atoms with Crippen molar-refractivity contribution in [2.75, 3.05) is 0 Å². The first-order valence-corrected chi connectivity index (χ1v) is 15.6. The summed E-state index contributed by atoms with van der Waals surface area (Å²) in [5.74, 6) is 1.82. The van der Waals surface area contributed by atoms with Crippen LogP contribution in [0.3, 0.4) is 0 Å². The van der Waals surface area contributed by atoms with Gasteiger partial charge in [-0.25, -0.2) is 0 Å². The zero-order valence-corrected chi connectivity index (χ0v) is 20.5. The molecule has 0 saturated heterocycles. The van der Waals surface area contributed by atoms with Crippen LogP contribution in [0.4, 0.5) is 0 Å². The molecule has 3 rings (SSSR count). The summed E-state index contributed by atoms with van der Waals surface area (Å²) in [6, 6.07) is 1.32. The summed E-state index contributed by atoms with van der Waals surface area (Å²) < 4.78 is 6.69. The first-order chi connectivity index (χ1) is 13.4. The first-order valence-electron chi connectivity index (χ1n) is 12.4. The van der Waals surface area contributed by atoms with Crippen molar-refractivity contribution in [2.24, 2.45) is 17.3 Å². The van der Waals surface area contributed by atoms with Crippen molar-refractivity contribution < 1.29 is 4.43 Å². The molecule has 3 saturated carbocycles. The Hall–Kier alpha value is -0.343. The third-order valence-corrected chi connectivity index (χ3v) is 10.8. The highest BCUT2D eigenvalue weighted by atomic mass is 28.4. The lowest BCUT2D eigenvalue weighted by molar-refractivity contribution is 0.133. The topological polar surface area (TPSA) is 9.23 Å². The van der Waals surface area contributed by atoms with Gasteiger partial charge in [0.1, 0.15) is 0 Å². The minimum atomic E-state index is -1.48. The maximum Gasteiger partial charge on any atom is 0.187 e. The van der Waals surface area contributed by atoms with E-state index in [0.29, 0.717) is 11.5 Å². The van der Waals surface area contributed by atoms with Crippen LogP contribution in [-0.2, 0) is 4.43 Å². The Labute approximate surface area is 176 Å². The van der Waals surface area contributed by atoms with E-state index in [4.69, 9.17) is 4.43 Å². The number of hydrogen-bond donors (Lipinski definition) is 0. The Morgan fingerprint density at radius 3 is 2.64 bits per heavy atom. The fourth-order valence-electron chi connectivity index (χ4n) is 6.66. The molecule has 1 unspecified atom stereocenters. The summed E-state index contributed by atoms with van der Waals surface area (Å²) in [5.41, 5.74) is 4.02. The van der Waals surface area contributed by atoms with Crippen LogP contribution in [0, 0.1) is 17.3 Å². The third kappa shape index (κ3) is 5.22. The smallest absolute Gasteiger partial charge is 0.187 e. The van der Waals surface area contributed by atoms with E-state index in [0.717, 1.165) is 11.8 Å². The predicted molar refractivity (Wildman–Crippen MR) is 125 cm³/mol. The Bertz CT molecular complexity index is 575. The largest absolute Gasteiger partial charge is 0.414 e. The molecule has 4 atom stereocenters. The quantitative estimate of drug-likeness (QED) is 0.388. The van der Waals surface area contributed by atoms with Crippen molar-refractivity contribution in [3.63, 3.8) is 0 Å². The highest BCUT2D eigenvalue weighted by Crippen LogP contribution is 2.58. The number of allylic oxidation sites excluding steroid dienone is 3. The fourth-order valence-corrected chi connectivity index (χ4v) is 9.09. The van der Waals surface area contributed by atoms with Crippen molar-refractivity contribution in [2.45, 2.75) is 123 Å². The second kappa shape index (κ2) is 9.64. The van der Waals surface area contributed by atoms with Gasteiger partial charge in [-0.3, -0.25) is 0 Å². The van der Waals surface area contributed by atoms with Crippen LogP contribution in [0.1, 0.15) is 97.8 Å². The summed E-state index contributed by atoms with van der Waals surface area (Å²) in [7, 11) is -1.48. The SMILES string of the molecule is CCCC[Si](C)(C)OC1CCCC(=CC=C2CCC[C@]3(C)[C@@H](CC)CC[C@@H]23)C1. The van der Waals surface area contributed by atoms with Gasteiger partial charge in [-0.05, 0) is 94.2 Å². The van der Waals surface area contributed by atoms with Crippen LogP contribution < -0.4 is 0 Å². The summed E-state index contributed by atoms with van der Waals surface area (Å²) in [6.45, 7) is 12.2. The minimum absolute atomic E-state index is 0.490. The molecule has 0 aliphatic heterocycles. The van der Waals surface area contributed by atoms with Gasteiger partial charge in [-0.2, -0.15) is 0 Å². The molecule has 28 heavy (non-hydrogen) atoms. The molecular formula is C26H46OSi. The van der Waals surface area contributed by atoms with Gasteiger partial charge in [0.2, 0.25) is 0 Å². The van der Waals surface area contributed by atoms with E-state index in [9.17, 15) is 0 Å². The van der Waals surface area contributed by atoms with Gasteiger partial charge in [0.25, 0.3) is 0 Å². The molecule has 0 N–H and O–H groups in total. The Balaban J connectivity index is 1.63. The molecule has 0 aromatic heterocycles. The van der Waals surface area contributed by atoms with Crippen molar-refractivity contribution in [3.8, 4) is 0 Å². The summed E-state index contributed by atoms with van der Waals surface area (Å²) in [4.78, 5) is 0. The number of rotatable bonds is 7. The van der Waals surface area contributed by atoms with E-state index in [2.05, 4.69) is 46.0 Å². The molecule has 0 aromatic rings. The second-order valence-corrected chi connectivity index (χ2v) is 15.1. The van der Waals surface area contributed by atoms with Crippen molar-refractivity contribution in [1.82, 2.24) is 0 Å². The number of unbranched alkanes of at least 4 members (excludes halogenated alkanes) is 1. The molecule has 0 bridgehead atoms. The molecule has 0 spiro atoms.